The molecule has 3 rings (SSSR count). The van der Waals surface area contributed by atoms with Crippen molar-refractivity contribution >= 4 is 33.2 Å². The van der Waals surface area contributed by atoms with Gasteiger partial charge in [-0.05, 0) is 52.5 Å². The lowest BCUT2D eigenvalue weighted by Gasteiger charge is -2.27. The van der Waals surface area contributed by atoms with E-state index in [2.05, 4.69) is 62.3 Å². The number of benzene rings is 1. The van der Waals surface area contributed by atoms with Crippen LogP contribution < -0.4 is 10.6 Å². The number of fused-ring (bicyclic) bond motifs is 1. The molecule has 1 atom stereocenters. The summed E-state index contributed by atoms with van der Waals surface area (Å²) in [5.74, 6) is 0.120. The minimum Gasteiger partial charge on any atom is -0.354 e. The van der Waals surface area contributed by atoms with Gasteiger partial charge in [0.25, 0.3) is 0 Å². The molecule has 2 heterocycles. The summed E-state index contributed by atoms with van der Waals surface area (Å²) >= 11 is 5.13. The fourth-order valence-corrected chi connectivity index (χ4v) is 4.26. The molecule has 3 nitrogen and oxygen atoms in total. The van der Waals surface area contributed by atoms with Gasteiger partial charge in [0.1, 0.15) is 0 Å². The second-order valence-corrected chi connectivity index (χ2v) is 7.40. The Balaban J connectivity index is 1.49. The number of hydrogen-bond donors (Lipinski definition) is 2. The van der Waals surface area contributed by atoms with Crippen molar-refractivity contribution in [1.82, 2.24) is 10.6 Å². The number of carbonyl (C=O) groups excluding carboxylic acids is 1. The molecule has 116 valence electrons. The Bertz CT molecular complexity index is 656. The quantitative estimate of drug-likeness (QED) is 0.836. The minimum atomic E-state index is 0.120. The van der Waals surface area contributed by atoms with Crippen LogP contribution in [0.2, 0.25) is 0 Å². The van der Waals surface area contributed by atoms with Gasteiger partial charge in [-0.25, -0.2) is 0 Å². The van der Waals surface area contributed by atoms with Crippen molar-refractivity contribution in [2.75, 3.05) is 13.1 Å². The zero-order chi connectivity index (χ0) is 15.4. The molecule has 1 aromatic carbocycles. The van der Waals surface area contributed by atoms with E-state index >= 15 is 0 Å². The van der Waals surface area contributed by atoms with Crippen LogP contribution in [0.5, 0.6) is 0 Å². The molecule has 0 saturated carbocycles. The topological polar surface area (TPSA) is 41.1 Å². The first-order chi connectivity index (χ1) is 10.7. The molecule has 5 heteroatoms. The van der Waals surface area contributed by atoms with E-state index in [1.165, 1.54) is 16.0 Å². The maximum atomic E-state index is 12.0. The van der Waals surface area contributed by atoms with E-state index in [9.17, 15) is 4.79 Å². The molecule has 0 spiro atoms. The highest BCUT2D eigenvalue weighted by Crippen LogP contribution is 2.22. The summed E-state index contributed by atoms with van der Waals surface area (Å²) in [7, 11) is 0. The van der Waals surface area contributed by atoms with Crippen LogP contribution in [-0.4, -0.2) is 19.0 Å². The zero-order valence-corrected chi connectivity index (χ0v) is 14.7. The van der Waals surface area contributed by atoms with Crippen molar-refractivity contribution in [2.45, 2.75) is 25.3 Å². The van der Waals surface area contributed by atoms with Crippen molar-refractivity contribution in [3.8, 4) is 0 Å². The van der Waals surface area contributed by atoms with Crippen LogP contribution in [0.3, 0.4) is 0 Å². The molecule has 1 aliphatic heterocycles. The first kappa shape index (κ1) is 15.7. The Morgan fingerprint density at radius 1 is 1.41 bits per heavy atom. The van der Waals surface area contributed by atoms with Crippen molar-refractivity contribution in [3.05, 3.63) is 56.2 Å². The Hall–Kier alpha value is -1.17. The van der Waals surface area contributed by atoms with E-state index in [-0.39, 0.29) is 11.9 Å². The van der Waals surface area contributed by atoms with Crippen molar-refractivity contribution in [3.63, 3.8) is 0 Å². The van der Waals surface area contributed by atoms with Gasteiger partial charge in [-0.1, -0.05) is 24.3 Å². The average Bonchev–Trinajstić information content (AvgIpc) is 2.96. The van der Waals surface area contributed by atoms with Crippen molar-refractivity contribution < 1.29 is 4.79 Å². The molecule has 1 unspecified atom stereocenters. The number of amides is 1. The number of nitrogens with one attached hydrogen (secondary N) is 2. The molecule has 1 aliphatic rings. The maximum absolute atomic E-state index is 12.0. The second kappa shape index (κ2) is 7.40. The van der Waals surface area contributed by atoms with E-state index in [0.29, 0.717) is 13.0 Å². The first-order valence-corrected chi connectivity index (χ1v) is 9.20. The molecule has 0 saturated heterocycles. The predicted octanol–water partition coefficient (Wildman–Crippen LogP) is 3.45. The molecule has 0 fully saturated rings. The van der Waals surface area contributed by atoms with Gasteiger partial charge in [-0.3, -0.25) is 4.79 Å². The van der Waals surface area contributed by atoms with E-state index < -0.39 is 0 Å². The van der Waals surface area contributed by atoms with Crippen LogP contribution in [0.15, 0.2) is 40.2 Å². The SMILES string of the molecule is O=C(CCc1cc(Br)cs1)NCC1NCCc2ccccc21. The highest BCUT2D eigenvalue weighted by Gasteiger charge is 2.19. The standard InChI is InChI=1S/C17H19BrN2OS/c18-13-9-14(22-11-13)5-6-17(21)20-10-16-15-4-2-1-3-12(15)7-8-19-16/h1-4,9,11,16,19H,5-8,10H2,(H,20,21). The van der Waals surface area contributed by atoms with Crippen LogP contribution in [0.25, 0.3) is 0 Å². The third kappa shape index (κ3) is 3.97. The van der Waals surface area contributed by atoms with E-state index in [1.54, 1.807) is 11.3 Å². The molecule has 1 aromatic heterocycles. The van der Waals surface area contributed by atoms with Crippen LogP contribution in [0.1, 0.15) is 28.5 Å². The Morgan fingerprint density at radius 3 is 3.09 bits per heavy atom. The van der Waals surface area contributed by atoms with Gasteiger partial charge in [-0.15, -0.1) is 11.3 Å². The number of rotatable bonds is 5. The van der Waals surface area contributed by atoms with Gasteiger partial charge in [0, 0.05) is 33.7 Å². The fraction of sp³-hybridized carbons (Fsp3) is 0.353. The van der Waals surface area contributed by atoms with Gasteiger partial charge in [0.05, 0.1) is 0 Å². The number of aryl methyl sites for hydroxylation is 1. The Kier molecular flexibility index (Phi) is 5.28. The summed E-state index contributed by atoms with van der Waals surface area (Å²) in [6, 6.07) is 10.8. The molecule has 22 heavy (non-hydrogen) atoms. The summed E-state index contributed by atoms with van der Waals surface area (Å²) in [5.41, 5.74) is 2.71. The van der Waals surface area contributed by atoms with Crippen molar-refractivity contribution in [2.24, 2.45) is 0 Å². The third-order valence-electron chi connectivity index (χ3n) is 3.94. The average molecular weight is 379 g/mol. The van der Waals surface area contributed by atoms with E-state index in [4.69, 9.17) is 0 Å². The summed E-state index contributed by atoms with van der Waals surface area (Å²) < 4.78 is 1.09. The number of thiophene rings is 1. The Labute approximate surface area is 143 Å². The van der Waals surface area contributed by atoms with Crippen LogP contribution in [0.4, 0.5) is 0 Å². The summed E-state index contributed by atoms with van der Waals surface area (Å²) in [6.07, 6.45) is 2.41. The monoisotopic (exact) mass is 378 g/mol. The molecule has 1 amide bonds. The van der Waals surface area contributed by atoms with Gasteiger partial charge in [-0.2, -0.15) is 0 Å². The lowest BCUT2D eigenvalue weighted by Crippen LogP contribution is -2.38. The normalized spacial score (nSPS) is 17.0. The zero-order valence-electron chi connectivity index (χ0n) is 12.3. The maximum Gasteiger partial charge on any atom is 0.220 e. The van der Waals surface area contributed by atoms with E-state index in [1.807, 2.05) is 0 Å². The predicted molar refractivity (Wildman–Crippen MR) is 94.2 cm³/mol. The number of carbonyl (C=O) groups is 1. The highest BCUT2D eigenvalue weighted by molar-refractivity contribution is 9.10. The molecule has 2 N–H and O–H groups in total. The Morgan fingerprint density at radius 2 is 2.27 bits per heavy atom. The smallest absolute Gasteiger partial charge is 0.220 e. The fourth-order valence-electron chi connectivity index (χ4n) is 2.80. The van der Waals surface area contributed by atoms with Crippen LogP contribution in [-0.2, 0) is 17.6 Å². The largest absolute Gasteiger partial charge is 0.354 e. The van der Waals surface area contributed by atoms with E-state index in [0.717, 1.165) is 23.9 Å². The third-order valence-corrected chi connectivity index (χ3v) is 5.70. The summed E-state index contributed by atoms with van der Waals surface area (Å²) in [4.78, 5) is 13.3. The molecule has 0 radical (unpaired) electrons. The number of hydrogen-bond acceptors (Lipinski definition) is 3. The van der Waals surface area contributed by atoms with Crippen molar-refractivity contribution in [1.29, 1.82) is 0 Å². The molecule has 2 aromatic rings. The summed E-state index contributed by atoms with van der Waals surface area (Å²) in [6.45, 7) is 1.63. The molecule has 0 aliphatic carbocycles. The van der Waals surface area contributed by atoms with Gasteiger partial charge < -0.3 is 10.6 Å². The summed E-state index contributed by atoms with van der Waals surface area (Å²) in [5, 5.41) is 8.60. The first-order valence-electron chi connectivity index (χ1n) is 7.53. The lowest BCUT2D eigenvalue weighted by atomic mass is 9.94. The minimum absolute atomic E-state index is 0.120. The van der Waals surface area contributed by atoms with Gasteiger partial charge in [0.2, 0.25) is 5.91 Å². The van der Waals surface area contributed by atoms with Crippen LogP contribution in [0, 0.1) is 0 Å². The van der Waals surface area contributed by atoms with Gasteiger partial charge in [0.15, 0.2) is 0 Å². The van der Waals surface area contributed by atoms with Crippen LogP contribution >= 0.6 is 27.3 Å². The molecular formula is C17H19BrN2OS. The lowest BCUT2D eigenvalue weighted by molar-refractivity contribution is -0.121. The second-order valence-electron chi connectivity index (χ2n) is 5.49. The molecule has 0 bridgehead atoms. The van der Waals surface area contributed by atoms with Gasteiger partial charge >= 0.3 is 0 Å². The number of halogens is 1. The molecular weight excluding hydrogens is 360 g/mol. The highest BCUT2D eigenvalue weighted by atomic mass is 79.9.